The van der Waals surface area contributed by atoms with Gasteiger partial charge in [0.15, 0.2) is 0 Å². The Balaban J connectivity index is 1.60. The Hall–Kier alpha value is -4.35. The molecule has 1 nitrogen and oxygen atoms in total. The van der Waals surface area contributed by atoms with Crippen molar-refractivity contribution in [3.63, 3.8) is 0 Å². The van der Waals surface area contributed by atoms with Crippen molar-refractivity contribution in [2.24, 2.45) is 0 Å². The van der Waals surface area contributed by atoms with Crippen molar-refractivity contribution in [2.45, 2.75) is 69.1 Å². The zero-order valence-electron chi connectivity index (χ0n) is 32.4. The average Bonchev–Trinajstić information content (AvgIpc) is 3.18. The number of anilines is 3. The summed E-state index contributed by atoms with van der Waals surface area (Å²) in [6.45, 7) is 14.0. The average molecular weight is 866 g/mol. The molecule has 0 aliphatic heterocycles. The molecule has 0 unspecified atom stereocenters. The van der Waals surface area contributed by atoms with E-state index < -0.39 is 0 Å². The van der Waals surface area contributed by atoms with Crippen molar-refractivity contribution >= 4 is 60.7 Å². The SMILES string of the molecule is CC(C)c1cc(C(C)C)c(-c2cc(Sc3cccc(Br)c3)cc(N(c3cccc(Br)c3)c3c(-c4ccccc4)cccc3-c3ccccc3)c2)c(C(C)C)c1. The summed E-state index contributed by atoms with van der Waals surface area (Å²) in [5.74, 6) is 1.14. The van der Waals surface area contributed by atoms with E-state index >= 15 is 0 Å². The number of rotatable bonds is 11. The van der Waals surface area contributed by atoms with Gasteiger partial charge in [-0.2, -0.15) is 0 Å². The topological polar surface area (TPSA) is 3.24 Å². The zero-order valence-corrected chi connectivity index (χ0v) is 36.3. The minimum absolute atomic E-state index is 0.348. The van der Waals surface area contributed by atoms with Crippen LogP contribution in [0.15, 0.2) is 176 Å². The first kappa shape index (κ1) is 38.9. The summed E-state index contributed by atoms with van der Waals surface area (Å²) in [6, 6.07) is 57.8. The van der Waals surface area contributed by atoms with Crippen LogP contribution in [0.4, 0.5) is 17.1 Å². The quantitative estimate of drug-likeness (QED) is 0.127. The molecule has 0 saturated heterocycles. The lowest BCUT2D eigenvalue weighted by atomic mass is 9.81. The Morgan fingerprint density at radius 2 is 0.982 bits per heavy atom. The van der Waals surface area contributed by atoms with Gasteiger partial charge >= 0.3 is 0 Å². The van der Waals surface area contributed by atoms with E-state index in [0.29, 0.717) is 17.8 Å². The van der Waals surface area contributed by atoms with Gasteiger partial charge < -0.3 is 4.90 Å². The van der Waals surface area contributed by atoms with Crippen LogP contribution in [-0.4, -0.2) is 0 Å². The van der Waals surface area contributed by atoms with Crippen molar-refractivity contribution in [2.75, 3.05) is 4.90 Å². The molecule has 0 aliphatic rings. The van der Waals surface area contributed by atoms with E-state index in [4.69, 9.17) is 0 Å². The Kier molecular flexibility index (Phi) is 12.2. The normalized spacial score (nSPS) is 11.5. The second-order valence-corrected chi connectivity index (χ2v) is 18.0. The second-order valence-electron chi connectivity index (χ2n) is 15.1. The number of halogens is 2. The number of hydrogen-bond donors (Lipinski definition) is 0. The standard InChI is InChI=1S/C51H47Br2NS/c1-33(2)38-28-48(34(3)4)50(49(29-38)35(5)6)39-26-43(32-45(27-39)55-44-23-14-21-41(53)31-44)54(42-22-13-20-40(52)30-42)51-46(36-16-9-7-10-17-36)24-15-25-47(51)37-18-11-8-12-19-37/h7-35H,1-6H3. The van der Waals surface area contributed by atoms with Crippen LogP contribution in [0, 0.1) is 0 Å². The number of para-hydroxylation sites is 1. The van der Waals surface area contributed by atoms with Gasteiger partial charge in [0, 0.05) is 41.2 Å². The predicted molar refractivity (Wildman–Crippen MR) is 246 cm³/mol. The largest absolute Gasteiger partial charge is 0.309 e. The fourth-order valence-corrected chi connectivity index (χ4v) is 9.29. The molecule has 0 aliphatic carbocycles. The highest BCUT2D eigenvalue weighted by atomic mass is 79.9. The zero-order chi connectivity index (χ0) is 38.6. The first-order chi connectivity index (χ1) is 26.6. The van der Waals surface area contributed by atoms with Crippen LogP contribution in [0.3, 0.4) is 0 Å². The van der Waals surface area contributed by atoms with Crippen LogP contribution in [0.5, 0.6) is 0 Å². The third kappa shape index (κ3) is 8.73. The Morgan fingerprint density at radius 3 is 1.51 bits per heavy atom. The molecule has 7 aromatic carbocycles. The van der Waals surface area contributed by atoms with E-state index in [2.05, 4.69) is 236 Å². The van der Waals surface area contributed by atoms with Crippen molar-refractivity contribution < 1.29 is 0 Å². The van der Waals surface area contributed by atoms with Gasteiger partial charge in [0.2, 0.25) is 0 Å². The van der Waals surface area contributed by atoms with Gasteiger partial charge in [-0.05, 0) is 111 Å². The molecule has 0 radical (unpaired) electrons. The molecular weight excluding hydrogens is 818 g/mol. The van der Waals surface area contributed by atoms with Gasteiger partial charge in [0.1, 0.15) is 0 Å². The smallest absolute Gasteiger partial charge is 0.0618 e. The molecule has 4 heteroatoms. The Morgan fingerprint density at radius 1 is 0.436 bits per heavy atom. The van der Waals surface area contributed by atoms with Gasteiger partial charge in [-0.15, -0.1) is 0 Å². The molecular formula is C51H47Br2NS. The lowest BCUT2D eigenvalue weighted by Gasteiger charge is -2.32. The maximum absolute atomic E-state index is 3.85. The summed E-state index contributed by atoms with van der Waals surface area (Å²) in [7, 11) is 0. The molecule has 0 spiro atoms. The van der Waals surface area contributed by atoms with E-state index in [9.17, 15) is 0 Å². The first-order valence-corrected chi connectivity index (χ1v) is 21.5. The summed E-state index contributed by atoms with van der Waals surface area (Å²) in [4.78, 5) is 4.85. The van der Waals surface area contributed by atoms with Crippen LogP contribution in [0.25, 0.3) is 33.4 Å². The third-order valence-corrected chi connectivity index (χ3v) is 12.0. The number of hydrogen-bond acceptors (Lipinski definition) is 2. The third-order valence-electron chi connectivity index (χ3n) is 10.1. The molecule has 0 bridgehead atoms. The monoisotopic (exact) mass is 863 g/mol. The van der Waals surface area contributed by atoms with Crippen LogP contribution in [-0.2, 0) is 0 Å². The predicted octanol–water partition coefficient (Wildman–Crippen LogP) is 17.2. The highest BCUT2D eigenvalue weighted by molar-refractivity contribution is 9.10. The highest BCUT2D eigenvalue weighted by Crippen LogP contribution is 2.50. The lowest BCUT2D eigenvalue weighted by molar-refractivity contribution is 0.807. The van der Waals surface area contributed by atoms with Crippen molar-refractivity contribution in [1.82, 2.24) is 0 Å². The summed E-state index contributed by atoms with van der Waals surface area (Å²) in [5, 5.41) is 0. The molecule has 0 aromatic heterocycles. The van der Waals surface area contributed by atoms with E-state index in [0.717, 1.165) is 26.0 Å². The van der Waals surface area contributed by atoms with Crippen molar-refractivity contribution in [3.8, 4) is 33.4 Å². The molecule has 7 rings (SSSR count). The van der Waals surface area contributed by atoms with Crippen LogP contribution in [0.2, 0.25) is 0 Å². The summed E-state index contributed by atoms with van der Waals surface area (Å²) in [6.07, 6.45) is 0. The Labute approximate surface area is 349 Å². The first-order valence-electron chi connectivity index (χ1n) is 19.1. The minimum atomic E-state index is 0.348. The van der Waals surface area contributed by atoms with Gasteiger partial charge in [-0.3, -0.25) is 0 Å². The van der Waals surface area contributed by atoms with E-state index in [1.54, 1.807) is 0 Å². The van der Waals surface area contributed by atoms with E-state index in [1.165, 1.54) is 59.9 Å². The fourth-order valence-electron chi connectivity index (χ4n) is 7.38. The molecule has 0 amide bonds. The second kappa shape index (κ2) is 17.2. The summed E-state index contributed by atoms with van der Waals surface area (Å²) < 4.78 is 2.10. The molecule has 0 saturated carbocycles. The minimum Gasteiger partial charge on any atom is -0.309 e. The molecule has 7 aromatic rings. The molecule has 55 heavy (non-hydrogen) atoms. The molecule has 276 valence electrons. The Bertz CT molecular complexity index is 2330. The van der Waals surface area contributed by atoms with Crippen LogP contribution < -0.4 is 4.90 Å². The molecule has 0 N–H and O–H groups in total. The fraction of sp³-hybridized carbons (Fsp3) is 0.176. The van der Waals surface area contributed by atoms with Gasteiger partial charge in [0.25, 0.3) is 0 Å². The van der Waals surface area contributed by atoms with Crippen LogP contribution >= 0.6 is 43.6 Å². The van der Waals surface area contributed by atoms with E-state index in [-0.39, 0.29) is 0 Å². The summed E-state index contributed by atoms with van der Waals surface area (Å²) in [5.41, 5.74) is 14.8. The van der Waals surface area contributed by atoms with Crippen molar-refractivity contribution in [1.29, 1.82) is 0 Å². The number of nitrogens with zero attached hydrogens (tertiary/aromatic N) is 1. The maximum atomic E-state index is 3.85. The van der Waals surface area contributed by atoms with Crippen molar-refractivity contribution in [3.05, 3.63) is 183 Å². The number of benzene rings is 7. The van der Waals surface area contributed by atoms with Gasteiger partial charge in [-0.25, -0.2) is 0 Å². The molecule has 0 atom stereocenters. The molecule has 0 fully saturated rings. The lowest BCUT2D eigenvalue weighted by Crippen LogP contribution is -2.13. The summed E-state index contributed by atoms with van der Waals surface area (Å²) >= 11 is 9.40. The molecule has 0 heterocycles. The maximum Gasteiger partial charge on any atom is 0.0618 e. The van der Waals surface area contributed by atoms with Crippen LogP contribution in [0.1, 0.15) is 76.0 Å². The van der Waals surface area contributed by atoms with Gasteiger partial charge in [-0.1, -0.05) is 188 Å². The van der Waals surface area contributed by atoms with E-state index in [1.807, 2.05) is 11.8 Å². The highest BCUT2D eigenvalue weighted by Gasteiger charge is 2.25. The van der Waals surface area contributed by atoms with Gasteiger partial charge in [0.05, 0.1) is 5.69 Å².